The highest BCUT2D eigenvalue weighted by Crippen LogP contribution is 2.34. The molecule has 1 aromatic carbocycles. The van der Waals surface area contributed by atoms with Crippen LogP contribution >= 0.6 is 0 Å². The van der Waals surface area contributed by atoms with Crippen molar-refractivity contribution < 1.29 is 14.3 Å². The number of benzene rings is 1. The minimum Gasteiger partial charge on any atom is -0.494 e. The molecule has 6 heteroatoms. The Kier molecular flexibility index (Phi) is 4.15. The summed E-state index contributed by atoms with van der Waals surface area (Å²) in [5.74, 6) is 0.412. The van der Waals surface area contributed by atoms with Gasteiger partial charge in [0.25, 0.3) is 0 Å². The number of furan rings is 1. The van der Waals surface area contributed by atoms with E-state index in [-0.39, 0.29) is 18.2 Å². The monoisotopic (exact) mass is 347 g/mol. The summed E-state index contributed by atoms with van der Waals surface area (Å²) in [6.45, 7) is 0. The van der Waals surface area contributed by atoms with Crippen molar-refractivity contribution in [2.75, 3.05) is 5.32 Å². The van der Waals surface area contributed by atoms with Crippen molar-refractivity contribution in [1.29, 1.82) is 0 Å². The summed E-state index contributed by atoms with van der Waals surface area (Å²) in [7, 11) is 0. The largest absolute Gasteiger partial charge is 0.494 e. The Morgan fingerprint density at radius 2 is 2.04 bits per heavy atom. The second-order valence-corrected chi connectivity index (χ2v) is 5.99. The number of carbonyl (C=O) groups excluding carboxylic acids is 1. The molecule has 4 aromatic rings. The van der Waals surface area contributed by atoms with Crippen molar-refractivity contribution in [3.8, 4) is 5.88 Å². The number of rotatable bonds is 5. The molecule has 130 valence electrons. The molecule has 1 atom stereocenters. The maximum absolute atomic E-state index is 12.5. The van der Waals surface area contributed by atoms with Crippen LogP contribution in [-0.4, -0.2) is 20.6 Å². The molecule has 0 aliphatic heterocycles. The first-order chi connectivity index (χ1) is 12.7. The minimum absolute atomic E-state index is 0.123. The Morgan fingerprint density at radius 1 is 1.19 bits per heavy atom. The van der Waals surface area contributed by atoms with Gasteiger partial charge < -0.3 is 19.4 Å². The van der Waals surface area contributed by atoms with Gasteiger partial charge in [0.2, 0.25) is 5.91 Å². The highest BCUT2D eigenvalue weighted by Gasteiger charge is 2.23. The van der Waals surface area contributed by atoms with Gasteiger partial charge in [-0.2, -0.15) is 0 Å². The highest BCUT2D eigenvalue weighted by molar-refractivity contribution is 5.91. The SMILES string of the molecule is O=C(CC(c1ccoc1)n1cc2ccccc2c1O)Nc1ccccn1. The fourth-order valence-corrected chi connectivity index (χ4v) is 3.05. The molecular weight excluding hydrogens is 330 g/mol. The van der Waals surface area contributed by atoms with E-state index < -0.39 is 6.04 Å². The second-order valence-electron chi connectivity index (χ2n) is 5.99. The number of pyridine rings is 1. The van der Waals surface area contributed by atoms with Crippen LogP contribution in [0.4, 0.5) is 5.82 Å². The third-order valence-corrected chi connectivity index (χ3v) is 4.30. The average Bonchev–Trinajstić information content (AvgIpc) is 3.30. The van der Waals surface area contributed by atoms with Crippen LogP contribution in [0.3, 0.4) is 0 Å². The Hall–Kier alpha value is -3.54. The summed E-state index contributed by atoms with van der Waals surface area (Å²) in [4.78, 5) is 16.6. The predicted octanol–water partition coefficient (Wildman–Crippen LogP) is 3.95. The first-order valence-electron chi connectivity index (χ1n) is 8.24. The van der Waals surface area contributed by atoms with Crippen LogP contribution in [0.5, 0.6) is 5.88 Å². The van der Waals surface area contributed by atoms with E-state index in [0.717, 1.165) is 16.3 Å². The molecule has 0 aliphatic carbocycles. The van der Waals surface area contributed by atoms with Gasteiger partial charge in [0.05, 0.1) is 25.0 Å². The van der Waals surface area contributed by atoms with Crippen LogP contribution in [0.1, 0.15) is 18.0 Å². The zero-order chi connectivity index (χ0) is 17.9. The molecule has 1 unspecified atom stereocenters. The molecule has 1 amide bonds. The van der Waals surface area contributed by atoms with Crippen molar-refractivity contribution in [3.05, 3.63) is 79.0 Å². The first kappa shape index (κ1) is 16.0. The molecule has 0 aliphatic rings. The van der Waals surface area contributed by atoms with Crippen LogP contribution in [0, 0.1) is 0 Å². The number of nitrogens with one attached hydrogen (secondary N) is 1. The minimum atomic E-state index is -0.398. The van der Waals surface area contributed by atoms with E-state index in [1.165, 1.54) is 0 Å². The van der Waals surface area contributed by atoms with Gasteiger partial charge in [-0.25, -0.2) is 4.98 Å². The van der Waals surface area contributed by atoms with Crippen LogP contribution < -0.4 is 5.32 Å². The number of aromatic hydroxyl groups is 1. The molecule has 3 heterocycles. The van der Waals surface area contributed by atoms with Gasteiger partial charge >= 0.3 is 0 Å². The van der Waals surface area contributed by atoms with E-state index >= 15 is 0 Å². The molecule has 0 radical (unpaired) electrons. The van der Waals surface area contributed by atoms with Crippen molar-refractivity contribution in [1.82, 2.24) is 9.55 Å². The topological polar surface area (TPSA) is 80.3 Å². The molecule has 2 N–H and O–H groups in total. The van der Waals surface area contributed by atoms with E-state index in [9.17, 15) is 9.90 Å². The number of fused-ring (bicyclic) bond motifs is 1. The molecule has 0 spiro atoms. The van der Waals surface area contributed by atoms with Gasteiger partial charge in [-0.05, 0) is 24.3 Å². The number of hydrogen-bond donors (Lipinski definition) is 2. The zero-order valence-corrected chi connectivity index (χ0v) is 13.9. The lowest BCUT2D eigenvalue weighted by Gasteiger charge is -2.18. The molecule has 6 nitrogen and oxygen atoms in total. The van der Waals surface area contributed by atoms with E-state index in [1.54, 1.807) is 47.6 Å². The number of nitrogens with zero attached hydrogens (tertiary/aromatic N) is 2. The second kappa shape index (κ2) is 6.76. The average molecular weight is 347 g/mol. The number of carbonyl (C=O) groups is 1. The Bertz CT molecular complexity index is 1020. The molecule has 0 fully saturated rings. The van der Waals surface area contributed by atoms with Crippen LogP contribution in [-0.2, 0) is 4.79 Å². The molecule has 4 rings (SSSR count). The lowest BCUT2D eigenvalue weighted by Crippen LogP contribution is -2.20. The van der Waals surface area contributed by atoms with Gasteiger partial charge in [-0.15, -0.1) is 0 Å². The summed E-state index contributed by atoms with van der Waals surface area (Å²) in [6, 6.07) is 14.3. The summed E-state index contributed by atoms with van der Waals surface area (Å²) in [6.07, 6.45) is 6.73. The lowest BCUT2D eigenvalue weighted by atomic mass is 10.1. The summed E-state index contributed by atoms with van der Waals surface area (Å²) < 4.78 is 6.89. The fraction of sp³-hybridized carbons (Fsp3) is 0.100. The first-order valence-corrected chi connectivity index (χ1v) is 8.24. The van der Waals surface area contributed by atoms with Crippen LogP contribution in [0.2, 0.25) is 0 Å². The lowest BCUT2D eigenvalue weighted by molar-refractivity contribution is -0.116. The van der Waals surface area contributed by atoms with Crippen molar-refractivity contribution in [2.45, 2.75) is 12.5 Å². The standard InChI is InChI=1S/C20H17N3O3/c24-19(22-18-7-3-4-9-21-18)11-17(15-8-10-26-13-15)23-12-14-5-1-2-6-16(14)20(23)25/h1-10,12-13,17,25H,11H2,(H,21,22,24). The number of aromatic nitrogens is 2. The normalized spacial score (nSPS) is 12.2. The van der Waals surface area contributed by atoms with Gasteiger partial charge in [0.15, 0.2) is 5.88 Å². The maximum atomic E-state index is 12.5. The van der Waals surface area contributed by atoms with E-state index in [0.29, 0.717) is 5.82 Å². The Labute approximate surface area is 149 Å². The number of anilines is 1. The molecule has 26 heavy (non-hydrogen) atoms. The maximum Gasteiger partial charge on any atom is 0.227 e. The fourth-order valence-electron chi connectivity index (χ4n) is 3.05. The van der Waals surface area contributed by atoms with Crippen LogP contribution in [0.15, 0.2) is 77.9 Å². The molecule has 0 saturated carbocycles. The van der Waals surface area contributed by atoms with E-state index in [4.69, 9.17) is 4.42 Å². The summed E-state index contributed by atoms with van der Waals surface area (Å²) in [5.41, 5.74) is 0.803. The number of amides is 1. The molecule has 0 bridgehead atoms. The number of hydrogen-bond acceptors (Lipinski definition) is 4. The highest BCUT2D eigenvalue weighted by atomic mass is 16.3. The summed E-state index contributed by atoms with van der Waals surface area (Å²) >= 11 is 0. The third kappa shape index (κ3) is 3.04. The predicted molar refractivity (Wildman–Crippen MR) is 97.9 cm³/mol. The Balaban J connectivity index is 1.67. The van der Waals surface area contributed by atoms with Crippen molar-refractivity contribution in [3.63, 3.8) is 0 Å². The quantitative estimate of drug-likeness (QED) is 0.573. The molecule has 3 aromatic heterocycles. The smallest absolute Gasteiger partial charge is 0.227 e. The van der Waals surface area contributed by atoms with E-state index in [2.05, 4.69) is 10.3 Å². The van der Waals surface area contributed by atoms with Gasteiger partial charge in [0, 0.05) is 28.7 Å². The van der Waals surface area contributed by atoms with Gasteiger partial charge in [-0.3, -0.25) is 4.79 Å². The van der Waals surface area contributed by atoms with Gasteiger partial charge in [-0.1, -0.05) is 24.3 Å². The van der Waals surface area contributed by atoms with E-state index in [1.807, 2.05) is 30.5 Å². The Morgan fingerprint density at radius 3 is 2.77 bits per heavy atom. The molecule has 0 saturated heterocycles. The van der Waals surface area contributed by atoms with Crippen molar-refractivity contribution in [2.24, 2.45) is 0 Å². The zero-order valence-electron chi connectivity index (χ0n) is 13.9. The van der Waals surface area contributed by atoms with Crippen molar-refractivity contribution >= 4 is 22.5 Å². The van der Waals surface area contributed by atoms with Gasteiger partial charge in [0.1, 0.15) is 5.82 Å². The van der Waals surface area contributed by atoms with Crippen LogP contribution in [0.25, 0.3) is 10.8 Å². The molecular formula is C20H17N3O3. The summed E-state index contributed by atoms with van der Waals surface area (Å²) in [5, 5.41) is 15.1. The third-order valence-electron chi connectivity index (χ3n) is 4.30.